The quantitative estimate of drug-likeness (QED) is 0.423. The maximum atomic E-state index is 11.8. The van der Waals surface area contributed by atoms with E-state index in [0.717, 1.165) is 37.2 Å². The smallest absolute Gasteiger partial charge is 0.243 e. The van der Waals surface area contributed by atoms with Crippen LogP contribution in [0.4, 0.5) is 0 Å². The summed E-state index contributed by atoms with van der Waals surface area (Å²) in [4.78, 5) is 17.7. The molecule has 2 N–H and O–H groups in total. The largest absolute Gasteiger partial charge is 0.354 e. The van der Waals surface area contributed by atoms with Crippen LogP contribution in [-0.2, 0) is 14.3 Å². The second-order valence-corrected chi connectivity index (χ2v) is 7.79. The minimum Gasteiger partial charge on any atom is -0.354 e. The van der Waals surface area contributed by atoms with E-state index >= 15 is 0 Å². The van der Waals surface area contributed by atoms with Crippen LogP contribution < -0.4 is 10.6 Å². The normalized spacial score (nSPS) is 28.8. The molecule has 0 bridgehead atoms. The van der Waals surface area contributed by atoms with Crippen molar-refractivity contribution in [3.8, 4) is 0 Å². The molecule has 0 aromatic carbocycles. The summed E-state index contributed by atoms with van der Waals surface area (Å²) in [6.07, 6.45) is 4.23. The predicted octanol–water partition coefficient (Wildman–Crippen LogP) is 1.51. The number of rotatable bonds is 6. The van der Waals surface area contributed by atoms with E-state index in [1.807, 2.05) is 6.92 Å². The third-order valence-corrected chi connectivity index (χ3v) is 4.88. The molecule has 1 unspecified atom stereocenters. The minimum absolute atomic E-state index is 0.00946. The highest BCUT2D eigenvalue weighted by Crippen LogP contribution is 2.39. The van der Waals surface area contributed by atoms with Crippen LogP contribution in [-0.4, -0.2) is 69.0 Å². The molecule has 1 saturated carbocycles. The lowest BCUT2D eigenvalue weighted by Crippen LogP contribution is -2.43. The van der Waals surface area contributed by atoms with Gasteiger partial charge in [0.15, 0.2) is 11.7 Å². The Morgan fingerprint density at radius 2 is 2.00 bits per heavy atom. The van der Waals surface area contributed by atoms with Crippen molar-refractivity contribution in [1.82, 2.24) is 15.5 Å². The maximum absolute atomic E-state index is 11.8. The second kappa shape index (κ2) is 9.37. The van der Waals surface area contributed by atoms with Crippen molar-refractivity contribution in [2.45, 2.75) is 51.4 Å². The first-order chi connectivity index (χ1) is 12.3. The predicted molar refractivity (Wildman–Crippen MR) is 103 cm³/mol. The third kappa shape index (κ3) is 6.29. The number of likely N-dealkylation sites (N-methyl/N-ethyl adjacent to an activating group) is 1. The van der Waals surface area contributed by atoms with E-state index in [2.05, 4.69) is 29.1 Å². The van der Waals surface area contributed by atoms with Gasteiger partial charge >= 0.3 is 0 Å². The molecule has 1 amide bonds. The molecular formula is C19H34N4O3. The zero-order valence-corrected chi connectivity index (χ0v) is 16.6. The summed E-state index contributed by atoms with van der Waals surface area (Å²) >= 11 is 0. The summed E-state index contributed by atoms with van der Waals surface area (Å²) in [5.41, 5.74) is 0.995. The maximum Gasteiger partial charge on any atom is 0.243 e. The molecule has 1 atom stereocenters. The standard InChI is InChI=1S/C19H34N4O3/c1-14(2)10-20-18(22-12-17(24)23(4)5)21-11-16-13-25-19(26-16)8-6-15(3)7-9-19/h15-16H,1,6-13H2,2-5H3,(H2,20,21,22). The highest BCUT2D eigenvalue weighted by Gasteiger charge is 2.43. The van der Waals surface area contributed by atoms with Crippen LogP contribution in [0.15, 0.2) is 17.1 Å². The van der Waals surface area contributed by atoms with Crippen molar-refractivity contribution < 1.29 is 14.3 Å². The highest BCUT2D eigenvalue weighted by molar-refractivity contribution is 5.84. The Labute approximate surface area is 157 Å². The molecule has 7 nitrogen and oxygen atoms in total. The molecule has 7 heteroatoms. The van der Waals surface area contributed by atoms with Gasteiger partial charge in [0, 0.05) is 40.0 Å². The molecule has 0 aromatic rings. The lowest BCUT2D eigenvalue weighted by Gasteiger charge is -2.34. The first-order valence-corrected chi connectivity index (χ1v) is 9.48. The zero-order chi connectivity index (χ0) is 19.2. The van der Waals surface area contributed by atoms with E-state index < -0.39 is 0 Å². The molecule has 2 aliphatic rings. The van der Waals surface area contributed by atoms with Crippen LogP contribution in [0.5, 0.6) is 0 Å². The van der Waals surface area contributed by atoms with E-state index in [1.165, 1.54) is 4.90 Å². The van der Waals surface area contributed by atoms with E-state index in [-0.39, 0.29) is 24.3 Å². The van der Waals surface area contributed by atoms with Gasteiger partial charge in [-0.1, -0.05) is 19.1 Å². The van der Waals surface area contributed by atoms with Gasteiger partial charge in [0.2, 0.25) is 5.91 Å². The van der Waals surface area contributed by atoms with E-state index in [0.29, 0.717) is 25.7 Å². The van der Waals surface area contributed by atoms with Crippen molar-refractivity contribution in [3.05, 3.63) is 12.2 Å². The zero-order valence-electron chi connectivity index (χ0n) is 16.6. The first kappa shape index (κ1) is 20.7. The molecule has 1 aliphatic carbocycles. The number of guanidine groups is 1. The third-order valence-electron chi connectivity index (χ3n) is 4.88. The monoisotopic (exact) mass is 366 g/mol. The number of nitrogens with zero attached hydrogens (tertiary/aromatic N) is 2. The summed E-state index contributed by atoms with van der Waals surface area (Å²) in [7, 11) is 3.45. The summed E-state index contributed by atoms with van der Waals surface area (Å²) in [5.74, 6) is 0.911. The minimum atomic E-state index is -0.387. The Bertz CT molecular complexity index is 525. The highest BCUT2D eigenvalue weighted by atomic mass is 16.7. The van der Waals surface area contributed by atoms with Gasteiger partial charge < -0.3 is 25.0 Å². The molecule has 148 valence electrons. The van der Waals surface area contributed by atoms with E-state index in [9.17, 15) is 4.79 Å². The van der Waals surface area contributed by atoms with Gasteiger partial charge in [-0.3, -0.25) is 4.79 Å². The van der Waals surface area contributed by atoms with Crippen molar-refractivity contribution in [1.29, 1.82) is 0 Å². The molecule has 1 spiro atoms. The van der Waals surface area contributed by atoms with Crippen molar-refractivity contribution in [3.63, 3.8) is 0 Å². The van der Waals surface area contributed by atoms with Gasteiger partial charge in [-0.15, -0.1) is 0 Å². The summed E-state index contributed by atoms with van der Waals surface area (Å²) in [6, 6.07) is 0. The molecular weight excluding hydrogens is 332 g/mol. The Kier molecular flexibility index (Phi) is 7.46. The second-order valence-electron chi connectivity index (χ2n) is 7.79. The van der Waals surface area contributed by atoms with Gasteiger partial charge in [-0.05, 0) is 25.7 Å². The van der Waals surface area contributed by atoms with E-state index in [4.69, 9.17) is 9.47 Å². The summed E-state index contributed by atoms with van der Waals surface area (Å²) < 4.78 is 12.2. The van der Waals surface area contributed by atoms with Crippen LogP contribution in [0.3, 0.4) is 0 Å². The average Bonchev–Trinajstić information content (AvgIpc) is 2.99. The number of ether oxygens (including phenoxy) is 2. The van der Waals surface area contributed by atoms with Crippen LogP contribution in [0.25, 0.3) is 0 Å². The number of amides is 1. The number of nitrogens with one attached hydrogen (secondary N) is 2. The van der Waals surface area contributed by atoms with Gasteiger partial charge in [0.25, 0.3) is 0 Å². The fourth-order valence-corrected chi connectivity index (χ4v) is 3.09. The Balaban J connectivity index is 1.85. The topological polar surface area (TPSA) is 75.2 Å². The molecule has 1 saturated heterocycles. The number of carbonyl (C=O) groups is 1. The molecule has 1 aliphatic heterocycles. The van der Waals surface area contributed by atoms with Crippen LogP contribution in [0.1, 0.15) is 39.5 Å². The number of hydrogen-bond donors (Lipinski definition) is 2. The van der Waals surface area contributed by atoms with E-state index in [1.54, 1.807) is 14.1 Å². The molecule has 2 rings (SSSR count). The molecule has 0 radical (unpaired) electrons. The fourth-order valence-electron chi connectivity index (χ4n) is 3.09. The SMILES string of the molecule is C=C(C)CNC(=NCC(=O)N(C)C)NCC1COC2(CCC(C)CC2)O1. The van der Waals surface area contributed by atoms with Crippen molar-refractivity contribution in [2.75, 3.05) is 40.3 Å². The Morgan fingerprint density at radius 1 is 1.31 bits per heavy atom. The summed E-state index contributed by atoms with van der Waals surface area (Å²) in [6.45, 7) is 10.00. The Morgan fingerprint density at radius 3 is 2.62 bits per heavy atom. The van der Waals surface area contributed by atoms with Gasteiger partial charge in [-0.2, -0.15) is 0 Å². The van der Waals surface area contributed by atoms with Crippen LogP contribution in [0.2, 0.25) is 0 Å². The van der Waals surface area contributed by atoms with Crippen molar-refractivity contribution >= 4 is 11.9 Å². The van der Waals surface area contributed by atoms with Crippen LogP contribution >= 0.6 is 0 Å². The number of carbonyl (C=O) groups excluding carboxylic acids is 1. The molecule has 2 fully saturated rings. The lowest BCUT2D eigenvalue weighted by atomic mass is 9.86. The number of hydrogen-bond acceptors (Lipinski definition) is 4. The van der Waals surface area contributed by atoms with Gasteiger partial charge in [-0.25, -0.2) is 4.99 Å². The summed E-state index contributed by atoms with van der Waals surface area (Å²) in [5, 5.41) is 6.45. The van der Waals surface area contributed by atoms with Gasteiger partial charge in [0.1, 0.15) is 12.6 Å². The first-order valence-electron chi connectivity index (χ1n) is 9.48. The number of aliphatic imine (C=N–C) groups is 1. The lowest BCUT2D eigenvalue weighted by molar-refractivity contribution is -0.191. The van der Waals surface area contributed by atoms with Gasteiger partial charge in [0.05, 0.1) is 6.61 Å². The van der Waals surface area contributed by atoms with Crippen LogP contribution in [0, 0.1) is 5.92 Å². The molecule has 26 heavy (non-hydrogen) atoms. The average molecular weight is 367 g/mol. The molecule has 1 heterocycles. The Hall–Kier alpha value is -1.60. The molecule has 0 aromatic heterocycles. The fraction of sp³-hybridized carbons (Fsp3) is 0.789. The van der Waals surface area contributed by atoms with Crippen molar-refractivity contribution in [2.24, 2.45) is 10.9 Å².